The molecule has 3 heterocycles. The van der Waals surface area contributed by atoms with Crippen molar-refractivity contribution >= 4 is 44.4 Å². The van der Waals surface area contributed by atoms with Crippen molar-refractivity contribution in [3.8, 4) is 5.75 Å². The third-order valence-electron chi connectivity index (χ3n) is 5.35. The van der Waals surface area contributed by atoms with E-state index < -0.39 is 0 Å². The number of nitrogens with zero attached hydrogens (tertiary/aromatic N) is 3. The number of hydrogen-bond donors (Lipinski definition) is 0. The molecule has 5 nitrogen and oxygen atoms in total. The van der Waals surface area contributed by atoms with Crippen molar-refractivity contribution in [1.29, 1.82) is 0 Å². The Balaban J connectivity index is 1.45. The van der Waals surface area contributed by atoms with Crippen LogP contribution in [-0.2, 0) is 4.79 Å². The van der Waals surface area contributed by atoms with Crippen molar-refractivity contribution in [1.82, 2.24) is 9.88 Å². The standard InChI is InChI=1S/C19H25N3O2S2/c1-13-3-4-15(24-2)16-17(13)26-19(20-16)22-7-5-14(6-8-22)18(23)21-9-11-25-12-10-21/h3-4,14H,5-12H2,1-2H3. The molecule has 2 aromatic rings. The molecule has 0 unspecified atom stereocenters. The van der Waals surface area contributed by atoms with Crippen LogP contribution in [-0.4, -0.2) is 60.6 Å². The van der Waals surface area contributed by atoms with Gasteiger partial charge in [0.2, 0.25) is 5.91 Å². The number of thiazole rings is 1. The van der Waals surface area contributed by atoms with Gasteiger partial charge in [0.05, 0.1) is 11.8 Å². The molecule has 7 heteroatoms. The van der Waals surface area contributed by atoms with Crippen LogP contribution in [0.5, 0.6) is 5.75 Å². The molecule has 26 heavy (non-hydrogen) atoms. The van der Waals surface area contributed by atoms with Gasteiger partial charge in [0, 0.05) is 43.6 Å². The summed E-state index contributed by atoms with van der Waals surface area (Å²) in [6.07, 6.45) is 1.85. The molecule has 0 aliphatic carbocycles. The lowest BCUT2D eigenvalue weighted by atomic mass is 9.95. The molecule has 0 saturated carbocycles. The fourth-order valence-electron chi connectivity index (χ4n) is 3.76. The summed E-state index contributed by atoms with van der Waals surface area (Å²) in [5.74, 6) is 3.54. The Morgan fingerprint density at radius 3 is 2.62 bits per heavy atom. The number of methoxy groups -OCH3 is 1. The third kappa shape index (κ3) is 3.39. The predicted octanol–water partition coefficient (Wildman–Crippen LogP) is 3.41. The van der Waals surface area contributed by atoms with E-state index in [0.717, 1.165) is 66.9 Å². The maximum Gasteiger partial charge on any atom is 0.225 e. The van der Waals surface area contributed by atoms with Crippen LogP contribution in [0.4, 0.5) is 5.13 Å². The molecular formula is C19H25N3O2S2. The number of anilines is 1. The van der Waals surface area contributed by atoms with Crippen molar-refractivity contribution in [2.75, 3.05) is 49.7 Å². The van der Waals surface area contributed by atoms with Gasteiger partial charge in [-0.25, -0.2) is 4.98 Å². The minimum absolute atomic E-state index is 0.181. The summed E-state index contributed by atoms with van der Waals surface area (Å²) in [4.78, 5) is 22.0. The highest BCUT2D eigenvalue weighted by atomic mass is 32.2. The lowest BCUT2D eigenvalue weighted by Crippen LogP contribution is -2.45. The average molecular weight is 392 g/mol. The van der Waals surface area contributed by atoms with Crippen molar-refractivity contribution in [2.45, 2.75) is 19.8 Å². The van der Waals surface area contributed by atoms with E-state index in [1.165, 1.54) is 10.3 Å². The first-order chi connectivity index (χ1) is 12.7. The third-order valence-corrected chi connectivity index (χ3v) is 7.54. The molecule has 0 N–H and O–H groups in total. The largest absolute Gasteiger partial charge is 0.494 e. The van der Waals surface area contributed by atoms with Gasteiger partial charge in [0.15, 0.2) is 5.13 Å². The van der Waals surface area contributed by atoms with Crippen molar-refractivity contribution in [3.05, 3.63) is 17.7 Å². The molecule has 1 aromatic heterocycles. The molecule has 1 aromatic carbocycles. The van der Waals surface area contributed by atoms with Crippen LogP contribution < -0.4 is 9.64 Å². The molecular weight excluding hydrogens is 366 g/mol. The smallest absolute Gasteiger partial charge is 0.225 e. The maximum absolute atomic E-state index is 12.7. The van der Waals surface area contributed by atoms with Crippen LogP contribution in [0.3, 0.4) is 0 Å². The SMILES string of the molecule is COc1ccc(C)c2sc(N3CCC(C(=O)N4CCSCC4)CC3)nc12. The van der Waals surface area contributed by atoms with E-state index in [9.17, 15) is 4.79 Å². The van der Waals surface area contributed by atoms with Gasteiger partial charge >= 0.3 is 0 Å². The van der Waals surface area contributed by atoms with Gasteiger partial charge in [0.25, 0.3) is 0 Å². The quantitative estimate of drug-likeness (QED) is 0.802. The number of piperidine rings is 1. The number of thioether (sulfide) groups is 1. The Kier molecular flexibility index (Phi) is 5.27. The summed E-state index contributed by atoms with van der Waals surface area (Å²) >= 11 is 3.68. The van der Waals surface area contributed by atoms with Crippen molar-refractivity contribution < 1.29 is 9.53 Å². The number of benzene rings is 1. The van der Waals surface area contributed by atoms with Gasteiger partial charge in [-0.3, -0.25) is 4.79 Å². The van der Waals surface area contributed by atoms with E-state index in [1.807, 2.05) is 17.8 Å². The minimum Gasteiger partial charge on any atom is -0.494 e. The number of amides is 1. The number of hydrogen-bond acceptors (Lipinski definition) is 6. The van der Waals surface area contributed by atoms with Gasteiger partial charge in [-0.2, -0.15) is 11.8 Å². The lowest BCUT2D eigenvalue weighted by Gasteiger charge is -2.35. The van der Waals surface area contributed by atoms with E-state index in [-0.39, 0.29) is 5.92 Å². The van der Waals surface area contributed by atoms with E-state index in [2.05, 4.69) is 22.8 Å². The van der Waals surface area contributed by atoms with Crippen LogP contribution in [0.25, 0.3) is 10.2 Å². The Morgan fingerprint density at radius 2 is 1.92 bits per heavy atom. The van der Waals surface area contributed by atoms with E-state index in [4.69, 9.17) is 9.72 Å². The number of aryl methyl sites for hydroxylation is 1. The second-order valence-electron chi connectivity index (χ2n) is 6.96. The monoisotopic (exact) mass is 391 g/mol. The lowest BCUT2D eigenvalue weighted by molar-refractivity contribution is -0.135. The molecule has 2 saturated heterocycles. The number of rotatable bonds is 3. The van der Waals surface area contributed by atoms with Crippen LogP contribution in [0.15, 0.2) is 12.1 Å². The van der Waals surface area contributed by atoms with E-state index >= 15 is 0 Å². The molecule has 0 bridgehead atoms. The molecule has 2 aliphatic heterocycles. The molecule has 1 amide bonds. The summed E-state index contributed by atoms with van der Waals surface area (Å²) in [6, 6.07) is 4.08. The van der Waals surface area contributed by atoms with Crippen LogP contribution in [0, 0.1) is 12.8 Å². The summed E-state index contributed by atoms with van der Waals surface area (Å²) in [7, 11) is 1.69. The molecule has 2 fully saturated rings. The first-order valence-corrected chi connectivity index (χ1v) is 11.2. The maximum atomic E-state index is 12.7. The second-order valence-corrected chi connectivity index (χ2v) is 9.16. The fourth-order valence-corrected chi connectivity index (χ4v) is 5.76. The summed E-state index contributed by atoms with van der Waals surface area (Å²) in [5.41, 5.74) is 2.19. The highest BCUT2D eigenvalue weighted by Gasteiger charge is 2.30. The fraction of sp³-hybridized carbons (Fsp3) is 0.579. The van der Waals surface area contributed by atoms with Crippen LogP contribution >= 0.6 is 23.1 Å². The van der Waals surface area contributed by atoms with Gasteiger partial charge in [-0.15, -0.1) is 0 Å². The zero-order valence-electron chi connectivity index (χ0n) is 15.4. The zero-order valence-corrected chi connectivity index (χ0v) is 17.0. The Labute approximate surface area is 162 Å². The summed E-state index contributed by atoms with van der Waals surface area (Å²) in [6.45, 7) is 5.76. The van der Waals surface area contributed by atoms with Gasteiger partial charge in [-0.1, -0.05) is 17.4 Å². The molecule has 0 spiro atoms. The number of fused-ring (bicyclic) bond motifs is 1. The Morgan fingerprint density at radius 1 is 1.19 bits per heavy atom. The second kappa shape index (κ2) is 7.64. The van der Waals surface area contributed by atoms with Crippen LogP contribution in [0.2, 0.25) is 0 Å². The number of aromatic nitrogens is 1. The van der Waals surface area contributed by atoms with Crippen molar-refractivity contribution in [2.24, 2.45) is 5.92 Å². The predicted molar refractivity (Wildman–Crippen MR) is 110 cm³/mol. The summed E-state index contributed by atoms with van der Waals surface area (Å²) < 4.78 is 6.67. The molecule has 0 atom stereocenters. The van der Waals surface area contributed by atoms with E-state index in [1.54, 1.807) is 18.4 Å². The molecule has 0 radical (unpaired) electrons. The molecule has 140 valence electrons. The van der Waals surface area contributed by atoms with Gasteiger partial charge in [0.1, 0.15) is 11.3 Å². The van der Waals surface area contributed by atoms with E-state index in [0.29, 0.717) is 5.91 Å². The number of ether oxygens (including phenoxy) is 1. The zero-order chi connectivity index (χ0) is 18.1. The van der Waals surface area contributed by atoms with Gasteiger partial charge in [-0.05, 0) is 31.4 Å². The molecule has 4 rings (SSSR count). The first kappa shape index (κ1) is 17.9. The highest BCUT2D eigenvalue weighted by molar-refractivity contribution is 7.99. The number of carbonyl (C=O) groups excluding carboxylic acids is 1. The average Bonchev–Trinajstić information content (AvgIpc) is 3.15. The van der Waals surface area contributed by atoms with Crippen molar-refractivity contribution in [3.63, 3.8) is 0 Å². The topological polar surface area (TPSA) is 45.7 Å². The molecule has 2 aliphatic rings. The Bertz CT molecular complexity index is 793. The number of carbonyl (C=O) groups is 1. The summed E-state index contributed by atoms with van der Waals surface area (Å²) in [5, 5.41) is 1.05. The highest BCUT2D eigenvalue weighted by Crippen LogP contribution is 2.37. The minimum atomic E-state index is 0.181. The van der Waals surface area contributed by atoms with Crippen LogP contribution in [0.1, 0.15) is 18.4 Å². The first-order valence-electron chi connectivity index (χ1n) is 9.23. The van der Waals surface area contributed by atoms with Gasteiger partial charge < -0.3 is 14.5 Å². The Hall–Kier alpha value is -1.47. The normalized spacial score (nSPS) is 19.2.